The minimum absolute atomic E-state index is 0.00250. The molecule has 0 unspecified atom stereocenters. The lowest BCUT2D eigenvalue weighted by Gasteiger charge is -2.36. The SMILES string of the molecule is CC(C)N(CCCO)C(=O)C1CCN(C(=O)N(C)C)CC1. The van der Waals surface area contributed by atoms with Gasteiger partial charge in [-0.25, -0.2) is 4.79 Å². The molecule has 3 amide bonds. The first kappa shape index (κ1) is 17.8. The minimum Gasteiger partial charge on any atom is -0.396 e. The van der Waals surface area contributed by atoms with E-state index in [4.69, 9.17) is 5.11 Å². The summed E-state index contributed by atoms with van der Waals surface area (Å²) in [6.45, 7) is 5.98. The molecule has 0 aromatic carbocycles. The molecule has 0 saturated carbocycles. The van der Waals surface area contributed by atoms with Crippen molar-refractivity contribution >= 4 is 11.9 Å². The molecule has 1 saturated heterocycles. The number of rotatable bonds is 5. The Morgan fingerprint density at radius 3 is 2.24 bits per heavy atom. The van der Waals surface area contributed by atoms with Gasteiger partial charge in [-0.15, -0.1) is 0 Å². The molecule has 1 heterocycles. The smallest absolute Gasteiger partial charge is 0.319 e. The van der Waals surface area contributed by atoms with Crippen molar-refractivity contribution in [1.29, 1.82) is 0 Å². The third-order valence-corrected chi connectivity index (χ3v) is 3.96. The van der Waals surface area contributed by atoms with E-state index in [1.165, 1.54) is 0 Å². The summed E-state index contributed by atoms with van der Waals surface area (Å²) >= 11 is 0. The van der Waals surface area contributed by atoms with Crippen molar-refractivity contribution in [1.82, 2.24) is 14.7 Å². The lowest BCUT2D eigenvalue weighted by Crippen LogP contribution is -2.48. The number of likely N-dealkylation sites (tertiary alicyclic amines) is 1. The number of amides is 3. The van der Waals surface area contributed by atoms with Gasteiger partial charge >= 0.3 is 6.03 Å². The second-order valence-corrected chi connectivity index (χ2v) is 6.14. The van der Waals surface area contributed by atoms with E-state index in [0.29, 0.717) is 26.1 Å². The molecule has 6 heteroatoms. The van der Waals surface area contributed by atoms with Gasteiger partial charge < -0.3 is 19.8 Å². The molecule has 1 aliphatic rings. The monoisotopic (exact) mass is 299 g/mol. The molecule has 0 radical (unpaired) electrons. The van der Waals surface area contributed by atoms with Gasteiger partial charge in [0, 0.05) is 52.3 Å². The van der Waals surface area contributed by atoms with Crippen LogP contribution < -0.4 is 0 Å². The molecular formula is C15H29N3O3. The molecule has 1 fully saturated rings. The van der Waals surface area contributed by atoms with Gasteiger partial charge in [-0.1, -0.05) is 0 Å². The maximum atomic E-state index is 12.6. The molecule has 0 bridgehead atoms. The van der Waals surface area contributed by atoms with Crippen LogP contribution in [0.25, 0.3) is 0 Å². The number of piperidine rings is 1. The molecule has 21 heavy (non-hydrogen) atoms. The third kappa shape index (κ3) is 4.88. The third-order valence-electron chi connectivity index (χ3n) is 3.96. The van der Waals surface area contributed by atoms with Crippen LogP contribution in [-0.4, -0.2) is 78.1 Å². The zero-order valence-electron chi connectivity index (χ0n) is 13.7. The lowest BCUT2D eigenvalue weighted by molar-refractivity contribution is -0.138. The molecule has 0 atom stereocenters. The largest absolute Gasteiger partial charge is 0.396 e. The van der Waals surface area contributed by atoms with Gasteiger partial charge in [0.1, 0.15) is 0 Å². The van der Waals surface area contributed by atoms with Gasteiger partial charge in [-0.05, 0) is 33.1 Å². The van der Waals surface area contributed by atoms with E-state index in [1.54, 1.807) is 23.9 Å². The van der Waals surface area contributed by atoms with Gasteiger partial charge in [0.2, 0.25) is 5.91 Å². The van der Waals surface area contributed by atoms with E-state index in [0.717, 1.165) is 12.8 Å². The summed E-state index contributed by atoms with van der Waals surface area (Å²) in [5.74, 6) is 0.160. The lowest BCUT2D eigenvalue weighted by atomic mass is 9.94. The second-order valence-electron chi connectivity index (χ2n) is 6.14. The van der Waals surface area contributed by atoms with Gasteiger partial charge in [-0.3, -0.25) is 4.79 Å². The van der Waals surface area contributed by atoms with Crippen LogP contribution >= 0.6 is 0 Å². The standard InChI is InChI=1S/C15H29N3O3/c1-12(2)18(8-5-11-19)14(20)13-6-9-17(10-7-13)15(21)16(3)4/h12-13,19H,5-11H2,1-4H3. The summed E-state index contributed by atoms with van der Waals surface area (Å²) in [7, 11) is 3.49. The molecule has 0 aliphatic carbocycles. The van der Waals surface area contributed by atoms with Crippen molar-refractivity contribution < 1.29 is 14.7 Å². The number of nitrogens with zero attached hydrogens (tertiary/aromatic N) is 3. The van der Waals surface area contributed by atoms with E-state index in [1.807, 2.05) is 18.7 Å². The van der Waals surface area contributed by atoms with Crippen LogP contribution in [0.4, 0.5) is 4.79 Å². The summed E-state index contributed by atoms with van der Waals surface area (Å²) in [6, 6.07) is 0.160. The van der Waals surface area contributed by atoms with E-state index >= 15 is 0 Å². The molecule has 1 aliphatic heterocycles. The Morgan fingerprint density at radius 1 is 1.24 bits per heavy atom. The van der Waals surface area contributed by atoms with Crippen molar-refractivity contribution in [3.05, 3.63) is 0 Å². The molecule has 0 spiro atoms. The molecule has 0 aromatic rings. The van der Waals surface area contributed by atoms with Crippen LogP contribution in [0.15, 0.2) is 0 Å². The number of aliphatic hydroxyl groups is 1. The highest BCUT2D eigenvalue weighted by atomic mass is 16.3. The quantitative estimate of drug-likeness (QED) is 0.823. The minimum atomic E-state index is -0.00250. The first-order valence-electron chi connectivity index (χ1n) is 7.76. The van der Waals surface area contributed by atoms with Crippen LogP contribution in [-0.2, 0) is 4.79 Å². The van der Waals surface area contributed by atoms with Crippen LogP contribution in [0.5, 0.6) is 0 Å². The fourth-order valence-electron chi connectivity index (χ4n) is 2.70. The highest BCUT2D eigenvalue weighted by Gasteiger charge is 2.31. The van der Waals surface area contributed by atoms with E-state index in [2.05, 4.69) is 0 Å². The fourth-order valence-corrected chi connectivity index (χ4v) is 2.70. The van der Waals surface area contributed by atoms with Gasteiger partial charge in [0.05, 0.1) is 0 Å². The summed E-state index contributed by atoms with van der Waals surface area (Å²) in [5, 5.41) is 8.95. The van der Waals surface area contributed by atoms with Crippen molar-refractivity contribution in [3.8, 4) is 0 Å². The zero-order valence-corrected chi connectivity index (χ0v) is 13.7. The topological polar surface area (TPSA) is 64.1 Å². The van der Waals surface area contributed by atoms with E-state index < -0.39 is 0 Å². The predicted molar refractivity (Wildman–Crippen MR) is 81.9 cm³/mol. The Labute approximate surface area is 127 Å². The number of carbonyl (C=O) groups is 2. The number of hydrogen-bond donors (Lipinski definition) is 1. The molecule has 0 aromatic heterocycles. The Balaban J connectivity index is 2.55. The van der Waals surface area contributed by atoms with Crippen LogP contribution in [0.2, 0.25) is 0 Å². The van der Waals surface area contributed by atoms with Gasteiger partial charge in [-0.2, -0.15) is 0 Å². The number of urea groups is 1. The molecule has 1 rings (SSSR count). The average molecular weight is 299 g/mol. The summed E-state index contributed by atoms with van der Waals surface area (Å²) in [6.07, 6.45) is 2.06. The van der Waals surface area contributed by atoms with E-state index in [9.17, 15) is 9.59 Å². The molecule has 6 nitrogen and oxygen atoms in total. The Kier molecular flexibility index (Phi) is 6.95. The average Bonchev–Trinajstić information content (AvgIpc) is 2.46. The van der Waals surface area contributed by atoms with Gasteiger partial charge in [0.25, 0.3) is 0 Å². The maximum Gasteiger partial charge on any atom is 0.319 e. The predicted octanol–water partition coefficient (Wildman–Crippen LogP) is 0.999. The first-order valence-corrected chi connectivity index (χ1v) is 7.76. The normalized spacial score (nSPS) is 16.2. The highest BCUT2D eigenvalue weighted by Crippen LogP contribution is 2.21. The molecule has 1 N–H and O–H groups in total. The Morgan fingerprint density at radius 2 is 1.81 bits per heavy atom. The van der Waals surface area contributed by atoms with Crippen molar-refractivity contribution in [3.63, 3.8) is 0 Å². The summed E-state index contributed by atoms with van der Waals surface area (Å²) < 4.78 is 0. The number of aliphatic hydroxyl groups excluding tert-OH is 1. The van der Waals surface area contributed by atoms with Crippen LogP contribution in [0.1, 0.15) is 33.1 Å². The second kappa shape index (κ2) is 8.22. The zero-order chi connectivity index (χ0) is 16.0. The maximum absolute atomic E-state index is 12.6. The fraction of sp³-hybridized carbons (Fsp3) is 0.867. The summed E-state index contributed by atoms with van der Waals surface area (Å²) in [4.78, 5) is 29.7. The number of hydrogen-bond acceptors (Lipinski definition) is 3. The van der Waals surface area contributed by atoms with E-state index in [-0.39, 0.29) is 30.5 Å². The van der Waals surface area contributed by atoms with Crippen LogP contribution in [0.3, 0.4) is 0 Å². The van der Waals surface area contributed by atoms with Crippen molar-refractivity contribution in [2.75, 3.05) is 40.3 Å². The first-order chi connectivity index (χ1) is 9.88. The Bertz CT molecular complexity index is 350. The van der Waals surface area contributed by atoms with Crippen molar-refractivity contribution in [2.45, 2.75) is 39.2 Å². The Hall–Kier alpha value is -1.30. The van der Waals surface area contributed by atoms with Crippen LogP contribution in [0, 0.1) is 5.92 Å². The van der Waals surface area contributed by atoms with Gasteiger partial charge in [0.15, 0.2) is 0 Å². The molecule has 122 valence electrons. The van der Waals surface area contributed by atoms with Crippen molar-refractivity contribution in [2.24, 2.45) is 5.92 Å². The highest BCUT2D eigenvalue weighted by molar-refractivity contribution is 5.80. The summed E-state index contributed by atoms with van der Waals surface area (Å²) in [5.41, 5.74) is 0. The number of carbonyl (C=O) groups excluding carboxylic acids is 2. The molecular weight excluding hydrogens is 270 g/mol.